The maximum Gasteiger partial charge on any atom is 0.414 e. The number of carbonyl (C=O) groups is 1. The van der Waals surface area contributed by atoms with Gasteiger partial charge in [-0.1, -0.05) is 42.5 Å². The molecule has 196 valence electrons. The lowest BCUT2D eigenvalue weighted by Crippen LogP contribution is -2.36. The first kappa shape index (κ1) is 25.3. The summed E-state index contributed by atoms with van der Waals surface area (Å²) < 4.78 is 11.0. The Bertz CT molecular complexity index is 1420. The Kier molecular flexibility index (Phi) is 7.55. The predicted molar refractivity (Wildman–Crippen MR) is 147 cm³/mol. The van der Waals surface area contributed by atoms with Crippen LogP contribution >= 0.6 is 0 Å². The van der Waals surface area contributed by atoms with E-state index in [4.69, 9.17) is 9.47 Å². The van der Waals surface area contributed by atoms with Gasteiger partial charge in [0.25, 0.3) is 0 Å². The van der Waals surface area contributed by atoms with Crippen LogP contribution in [0.3, 0.4) is 0 Å². The zero-order chi connectivity index (χ0) is 26.5. The van der Waals surface area contributed by atoms with E-state index in [2.05, 4.69) is 22.0 Å². The van der Waals surface area contributed by atoms with Crippen LogP contribution in [0.4, 0.5) is 16.2 Å². The number of aromatic nitrogens is 1. The molecule has 1 aliphatic rings. The molecular formula is C29H30N4O5. The third kappa shape index (κ3) is 5.63. The lowest BCUT2D eigenvalue weighted by Gasteiger charge is -2.29. The van der Waals surface area contributed by atoms with Gasteiger partial charge in [0.15, 0.2) is 0 Å². The molecule has 0 bridgehead atoms. The standard InChI is InChI=1S/C29H30N4O5/c1-31(29(34)38-20-21-6-3-2-4-7-21)23-9-5-8-22(16-23)27(19-33(35)36)26-18-30-28-11-10-24(17-25(26)28)32-12-14-37-15-13-32/h2-11,16-18,27,30H,12-15,19-20H2,1H3. The third-order valence-electron chi connectivity index (χ3n) is 6.92. The molecular weight excluding hydrogens is 484 g/mol. The number of nitro groups is 1. The molecule has 1 fully saturated rings. The highest BCUT2D eigenvalue weighted by Crippen LogP contribution is 2.35. The van der Waals surface area contributed by atoms with Crippen molar-refractivity contribution in [1.29, 1.82) is 0 Å². The summed E-state index contributed by atoms with van der Waals surface area (Å²) in [5.74, 6) is -0.507. The summed E-state index contributed by atoms with van der Waals surface area (Å²) in [6.45, 7) is 2.84. The smallest absolute Gasteiger partial charge is 0.414 e. The van der Waals surface area contributed by atoms with Gasteiger partial charge < -0.3 is 19.4 Å². The number of ether oxygens (including phenoxy) is 2. The number of carbonyl (C=O) groups excluding carboxylic acids is 1. The molecule has 1 N–H and O–H groups in total. The molecule has 9 nitrogen and oxygen atoms in total. The summed E-state index contributed by atoms with van der Waals surface area (Å²) in [6.07, 6.45) is 1.35. The summed E-state index contributed by atoms with van der Waals surface area (Å²) in [5, 5.41) is 12.7. The number of benzene rings is 3. The van der Waals surface area contributed by atoms with Crippen molar-refractivity contribution in [3.63, 3.8) is 0 Å². The minimum absolute atomic E-state index is 0.161. The number of rotatable bonds is 8. The Morgan fingerprint density at radius 1 is 1.11 bits per heavy atom. The molecule has 1 unspecified atom stereocenters. The van der Waals surface area contributed by atoms with Crippen molar-refractivity contribution in [3.05, 3.63) is 106 Å². The van der Waals surface area contributed by atoms with Gasteiger partial charge in [-0.2, -0.15) is 0 Å². The van der Waals surface area contributed by atoms with Gasteiger partial charge in [-0.15, -0.1) is 0 Å². The van der Waals surface area contributed by atoms with Crippen LogP contribution in [0, 0.1) is 10.1 Å². The highest BCUT2D eigenvalue weighted by atomic mass is 16.6. The van der Waals surface area contributed by atoms with Crippen molar-refractivity contribution in [2.45, 2.75) is 12.5 Å². The van der Waals surface area contributed by atoms with E-state index in [9.17, 15) is 14.9 Å². The monoisotopic (exact) mass is 514 g/mol. The summed E-state index contributed by atoms with van der Waals surface area (Å²) in [6, 6.07) is 22.9. The molecule has 1 aliphatic heterocycles. The van der Waals surface area contributed by atoms with Crippen molar-refractivity contribution in [1.82, 2.24) is 4.98 Å². The molecule has 0 radical (unpaired) electrons. The Labute approximate surface area is 220 Å². The van der Waals surface area contributed by atoms with Crippen LogP contribution in [0.15, 0.2) is 79.0 Å². The minimum atomic E-state index is -0.507. The fourth-order valence-corrected chi connectivity index (χ4v) is 4.84. The van der Waals surface area contributed by atoms with Crippen LogP contribution in [0.2, 0.25) is 0 Å². The highest BCUT2D eigenvalue weighted by molar-refractivity contribution is 5.89. The van der Waals surface area contributed by atoms with Gasteiger partial charge in [0.05, 0.1) is 19.1 Å². The van der Waals surface area contributed by atoms with Crippen LogP contribution in [-0.2, 0) is 16.1 Å². The average molecular weight is 515 g/mol. The number of H-pyrrole nitrogens is 1. The average Bonchev–Trinajstić information content (AvgIpc) is 3.38. The maximum atomic E-state index is 12.7. The number of aromatic amines is 1. The Balaban J connectivity index is 1.42. The summed E-state index contributed by atoms with van der Waals surface area (Å²) in [5.41, 5.74) is 5.07. The Morgan fingerprint density at radius 3 is 2.66 bits per heavy atom. The predicted octanol–water partition coefficient (Wildman–Crippen LogP) is 5.19. The zero-order valence-corrected chi connectivity index (χ0v) is 21.2. The number of morpholine rings is 1. The van der Waals surface area contributed by atoms with E-state index in [1.807, 2.05) is 60.8 Å². The molecule has 1 aromatic heterocycles. The lowest BCUT2D eigenvalue weighted by molar-refractivity contribution is -0.481. The molecule has 2 heterocycles. The number of amides is 1. The van der Waals surface area contributed by atoms with Crippen molar-refractivity contribution >= 4 is 28.4 Å². The van der Waals surface area contributed by atoms with Crippen molar-refractivity contribution in [3.8, 4) is 0 Å². The van der Waals surface area contributed by atoms with E-state index in [1.54, 1.807) is 13.1 Å². The van der Waals surface area contributed by atoms with Gasteiger partial charge in [0.1, 0.15) is 6.61 Å². The van der Waals surface area contributed by atoms with Crippen LogP contribution in [-0.4, -0.2) is 55.9 Å². The molecule has 1 amide bonds. The van der Waals surface area contributed by atoms with Gasteiger partial charge in [-0.25, -0.2) is 4.79 Å². The van der Waals surface area contributed by atoms with Crippen LogP contribution in [0.25, 0.3) is 10.9 Å². The van der Waals surface area contributed by atoms with E-state index >= 15 is 0 Å². The van der Waals surface area contributed by atoms with Crippen LogP contribution in [0.5, 0.6) is 0 Å². The molecule has 38 heavy (non-hydrogen) atoms. The molecule has 0 saturated carbocycles. The maximum absolute atomic E-state index is 12.7. The summed E-state index contributed by atoms with van der Waals surface area (Å²) >= 11 is 0. The van der Waals surface area contributed by atoms with E-state index in [0.717, 1.165) is 46.4 Å². The first-order valence-corrected chi connectivity index (χ1v) is 12.6. The molecule has 4 aromatic rings. The lowest BCUT2D eigenvalue weighted by atomic mass is 9.90. The SMILES string of the molecule is CN(C(=O)OCc1ccccc1)c1cccc(C(C[N+](=O)[O-])c2c[nH]c3ccc(N4CCOCC4)cc23)c1. The molecule has 3 aromatic carbocycles. The second kappa shape index (κ2) is 11.4. The Morgan fingerprint density at radius 2 is 1.89 bits per heavy atom. The summed E-state index contributed by atoms with van der Waals surface area (Å²) in [4.78, 5) is 31.2. The van der Waals surface area contributed by atoms with Gasteiger partial charge >= 0.3 is 6.09 Å². The van der Waals surface area contributed by atoms with Crippen LogP contribution in [0.1, 0.15) is 22.6 Å². The number of fused-ring (bicyclic) bond motifs is 1. The first-order valence-electron chi connectivity index (χ1n) is 12.6. The molecule has 1 atom stereocenters. The van der Waals surface area contributed by atoms with Crippen molar-refractivity contribution in [2.24, 2.45) is 0 Å². The number of hydrogen-bond acceptors (Lipinski definition) is 6. The third-order valence-corrected chi connectivity index (χ3v) is 6.92. The molecule has 1 saturated heterocycles. The minimum Gasteiger partial charge on any atom is -0.444 e. The number of nitrogens with one attached hydrogen (secondary N) is 1. The number of hydrogen-bond donors (Lipinski definition) is 1. The summed E-state index contributed by atoms with van der Waals surface area (Å²) in [7, 11) is 1.63. The van der Waals surface area contributed by atoms with Gasteiger partial charge in [-0.3, -0.25) is 15.0 Å². The van der Waals surface area contributed by atoms with E-state index in [0.29, 0.717) is 18.9 Å². The van der Waals surface area contributed by atoms with E-state index in [1.165, 1.54) is 4.90 Å². The van der Waals surface area contributed by atoms with E-state index < -0.39 is 12.0 Å². The van der Waals surface area contributed by atoms with Gasteiger partial charge in [-0.05, 0) is 47.0 Å². The quantitative estimate of drug-likeness (QED) is 0.257. The number of anilines is 2. The second-order valence-corrected chi connectivity index (χ2v) is 9.34. The molecule has 0 aliphatic carbocycles. The molecule has 0 spiro atoms. The first-order chi connectivity index (χ1) is 18.5. The fourth-order valence-electron chi connectivity index (χ4n) is 4.84. The largest absolute Gasteiger partial charge is 0.444 e. The van der Waals surface area contributed by atoms with Gasteiger partial charge in [0.2, 0.25) is 6.54 Å². The molecule has 9 heteroatoms. The van der Waals surface area contributed by atoms with Crippen molar-refractivity contribution < 1.29 is 19.2 Å². The topological polar surface area (TPSA) is 101 Å². The second-order valence-electron chi connectivity index (χ2n) is 9.34. The number of nitrogens with zero attached hydrogens (tertiary/aromatic N) is 3. The van der Waals surface area contributed by atoms with Gasteiger partial charge in [0, 0.05) is 53.5 Å². The highest BCUT2D eigenvalue weighted by Gasteiger charge is 2.25. The van der Waals surface area contributed by atoms with Crippen LogP contribution < -0.4 is 9.80 Å². The van der Waals surface area contributed by atoms with Crippen molar-refractivity contribution in [2.75, 3.05) is 49.7 Å². The normalized spacial score (nSPS) is 14.3. The van der Waals surface area contributed by atoms with E-state index in [-0.39, 0.29) is 18.1 Å². The zero-order valence-electron chi connectivity index (χ0n) is 21.2. The molecule has 5 rings (SSSR count). The fraction of sp³-hybridized carbons (Fsp3) is 0.276. The Hall–Kier alpha value is -4.37.